The highest BCUT2D eigenvalue weighted by Crippen LogP contribution is 2.14. The minimum Gasteiger partial charge on any atom is -0.462 e. The highest BCUT2D eigenvalue weighted by Gasteiger charge is 2.19. The van der Waals surface area contributed by atoms with Crippen LogP contribution >= 0.6 is 0 Å². The second-order valence-electron chi connectivity index (χ2n) is 13.9. The molecule has 0 aliphatic carbocycles. The Morgan fingerprint density at radius 2 is 0.830 bits per heavy atom. The first kappa shape index (κ1) is 44.9. The molecular formula is C39H74N2O6. The zero-order valence-corrected chi connectivity index (χ0v) is 31.1. The summed E-state index contributed by atoms with van der Waals surface area (Å²) in [6.45, 7) is 9.03. The number of hydrogen-bond donors (Lipinski definition) is 2. The molecule has 0 fully saturated rings. The van der Waals surface area contributed by atoms with E-state index in [9.17, 15) is 19.2 Å². The van der Waals surface area contributed by atoms with E-state index in [1.54, 1.807) is 0 Å². The summed E-state index contributed by atoms with van der Waals surface area (Å²) >= 11 is 0. The number of ether oxygens (including phenoxy) is 2. The van der Waals surface area contributed by atoms with Gasteiger partial charge in [0, 0.05) is 32.2 Å². The first-order chi connectivity index (χ1) is 22.8. The van der Waals surface area contributed by atoms with E-state index in [1.165, 1.54) is 103 Å². The number of carbonyl (C=O) groups is 4. The van der Waals surface area contributed by atoms with Crippen LogP contribution in [0.4, 0.5) is 0 Å². The maximum atomic E-state index is 12.6. The van der Waals surface area contributed by atoms with Gasteiger partial charge < -0.3 is 20.1 Å². The van der Waals surface area contributed by atoms with Crippen molar-refractivity contribution in [2.45, 2.75) is 201 Å². The van der Waals surface area contributed by atoms with Gasteiger partial charge in [-0.2, -0.15) is 0 Å². The lowest BCUT2D eigenvalue weighted by Crippen LogP contribution is -2.38. The normalized spacial score (nSPS) is 11.8. The predicted molar refractivity (Wildman–Crippen MR) is 193 cm³/mol. The van der Waals surface area contributed by atoms with E-state index in [-0.39, 0.29) is 49.7 Å². The van der Waals surface area contributed by atoms with Gasteiger partial charge in [-0.05, 0) is 18.8 Å². The molecule has 8 heteroatoms. The van der Waals surface area contributed by atoms with Crippen LogP contribution in [0.25, 0.3) is 0 Å². The molecule has 0 bridgehead atoms. The summed E-state index contributed by atoms with van der Waals surface area (Å²) < 4.78 is 11.1. The van der Waals surface area contributed by atoms with E-state index >= 15 is 0 Å². The highest BCUT2D eigenvalue weighted by atomic mass is 16.6. The Bertz CT molecular complexity index is 773. The fraction of sp³-hybridized carbons (Fsp3) is 0.897. The summed E-state index contributed by atoms with van der Waals surface area (Å²) in [4.78, 5) is 49.4. The van der Waals surface area contributed by atoms with E-state index < -0.39 is 6.10 Å². The number of carbonyl (C=O) groups excluding carboxylic acids is 4. The van der Waals surface area contributed by atoms with E-state index in [0.29, 0.717) is 25.3 Å². The van der Waals surface area contributed by atoms with Crippen LogP contribution in [-0.4, -0.2) is 49.6 Å². The van der Waals surface area contributed by atoms with E-state index in [4.69, 9.17) is 9.47 Å². The van der Waals surface area contributed by atoms with Crippen molar-refractivity contribution in [1.82, 2.24) is 10.6 Å². The second kappa shape index (κ2) is 33.8. The van der Waals surface area contributed by atoms with Crippen molar-refractivity contribution in [3.8, 4) is 0 Å². The first-order valence-electron chi connectivity index (χ1n) is 19.7. The minimum absolute atomic E-state index is 0.0436. The van der Waals surface area contributed by atoms with E-state index in [2.05, 4.69) is 24.5 Å². The van der Waals surface area contributed by atoms with Crippen molar-refractivity contribution in [1.29, 1.82) is 0 Å². The third kappa shape index (κ3) is 33.6. The molecule has 0 aliphatic rings. The molecule has 1 atom stereocenters. The van der Waals surface area contributed by atoms with Crippen LogP contribution in [0.15, 0.2) is 0 Å². The van der Waals surface area contributed by atoms with Crippen molar-refractivity contribution < 1.29 is 28.7 Å². The molecule has 0 spiro atoms. The van der Waals surface area contributed by atoms with Gasteiger partial charge in [-0.15, -0.1) is 0 Å². The van der Waals surface area contributed by atoms with Gasteiger partial charge in [-0.25, -0.2) is 0 Å². The molecular weight excluding hydrogens is 592 g/mol. The Balaban J connectivity index is 4.40. The highest BCUT2D eigenvalue weighted by molar-refractivity contribution is 5.83. The van der Waals surface area contributed by atoms with E-state index in [1.807, 2.05) is 13.8 Å². The summed E-state index contributed by atoms with van der Waals surface area (Å²) in [6, 6.07) is 0. The van der Waals surface area contributed by atoms with Gasteiger partial charge in [0.1, 0.15) is 6.61 Å². The summed E-state index contributed by atoms with van der Waals surface area (Å²) in [5.74, 6) is -0.774. The average Bonchev–Trinajstić information content (AvgIpc) is 3.05. The molecule has 8 nitrogen and oxygen atoms in total. The monoisotopic (exact) mass is 667 g/mol. The van der Waals surface area contributed by atoms with Crippen LogP contribution in [0.1, 0.15) is 195 Å². The maximum absolute atomic E-state index is 12.6. The minimum atomic E-state index is -0.754. The molecule has 1 unspecified atom stereocenters. The molecule has 0 aromatic heterocycles. The molecule has 2 amide bonds. The molecule has 0 radical (unpaired) electrons. The number of hydrogen-bond acceptors (Lipinski definition) is 6. The van der Waals surface area contributed by atoms with Gasteiger partial charge in [-0.1, -0.05) is 156 Å². The Labute approximate surface area is 289 Å². The van der Waals surface area contributed by atoms with Crippen molar-refractivity contribution >= 4 is 23.8 Å². The average molecular weight is 667 g/mol. The smallest absolute Gasteiger partial charge is 0.306 e. The van der Waals surface area contributed by atoms with Crippen LogP contribution in [0.5, 0.6) is 0 Å². The van der Waals surface area contributed by atoms with Gasteiger partial charge >= 0.3 is 11.9 Å². The Kier molecular flexibility index (Phi) is 32.2. The summed E-state index contributed by atoms with van der Waals surface area (Å²) in [5, 5.41) is 5.55. The van der Waals surface area contributed by atoms with Gasteiger partial charge in [0.2, 0.25) is 11.8 Å². The van der Waals surface area contributed by atoms with Crippen LogP contribution in [0.2, 0.25) is 0 Å². The SMILES string of the molecule is CCCCCCCCCCCCCC(=O)OCC(CNC(=O)CCC(=O)NCC(C)C)OC(=O)CCCCCCCCCCCCC. The molecule has 0 aromatic carbocycles. The lowest BCUT2D eigenvalue weighted by Gasteiger charge is -2.19. The first-order valence-corrected chi connectivity index (χ1v) is 19.7. The fourth-order valence-electron chi connectivity index (χ4n) is 5.45. The Hall–Kier alpha value is -2.12. The second-order valence-corrected chi connectivity index (χ2v) is 13.9. The number of nitrogens with one attached hydrogen (secondary N) is 2. The van der Waals surface area contributed by atoms with Gasteiger partial charge in [0.15, 0.2) is 6.10 Å². The quantitative estimate of drug-likeness (QED) is 0.0523. The number of amides is 2. The summed E-state index contributed by atoms with van der Waals surface area (Å²) in [6.07, 6.45) is 26.6. The van der Waals surface area contributed by atoms with Gasteiger partial charge in [-0.3, -0.25) is 19.2 Å². The summed E-state index contributed by atoms with van der Waals surface area (Å²) in [7, 11) is 0. The molecule has 0 saturated heterocycles. The van der Waals surface area contributed by atoms with Crippen LogP contribution in [0, 0.1) is 5.92 Å². The summed E-state index contributed by atoms with van der Waals surface area (Å²) in [5.41, 5.74) is 0. The molecule has 2 N–H and O–H groups in total. The van der Waals surface area contributed by atoms with E-state index in [0.717, 1.165) is 38.5 Å². The zero-order chi connectivity index (χ0) is 34.8. The molecule has 0 aliphatic heterocycles. The lowest BCUT2D eigenvalue weighted by molar-refractivity contribution is -0.159. The molecule has 0 heterocycles. The molecule has 0 rings (SSSR count). The lowest BCUT2D eigenvalue weighted by atomic mass is 10.1. The zero-order valence-electron chi connectivity index (χ0n) is 31.1. The largest absolute Gasteiger partial charge is 0.462 e. The van der Waals surface area contributed by atoms with Crippen molar-refractivity contribution in [2.75, 3.05) is 19.7 Å². The van der Waals surface area contributed by atoms with Crippen molar-refractivity contribution in [3.05, 3.63) is 0 Å². The maximum Gasteiger partial charge on any atom is 0.306 e. The number of rotatable bonds is 34. The van der Waals surface area contributed by atoms with Crippen LogP contribution in [-0.2, 0) is 28.7 Å². The third-order valence-corrected chi connectivity index (χ3v) is 8.51. The van der Waals surface area contributed by atoms with Crippen LogP contribution in [0.3, 0.4) is 0 Å². The third-order valence-electron chi connectivity index (χ3n) is 8.51. The fourth-order valence-corrected chi connectivity index (χ4v) is 5.45. The molecule has 0 saturated carbocycles. The Morgan fingerprint density at radius 1 is 0.468 bits per heavy atom. The van der Waals surface area contributed by atoms with Crippen molar-refractivity contribution in [2.24, 2.45) is 5.92 Å². The molecule has 0 aromatic rings. The topological polar surface area (TPSA) is 111 Å². The van der Waals surface area contributed by atoms with Gasteiger partial charge in [0.05, 0.1) is 6.54 Å². The van der Waals surface area contributed by atoms with Crippen LogP contribution < -0.4 is 10.6 Å². The molecule has 47 heavy (non-hydrogen) atoms. The number of esters is 2. The number of unbranched alkanes of at least 4 members (excludes halogenated alkanes) is 20. The molecule has 276 valence electrons. The standard InChI is InChI=1S/C39H74N2O6/c1-5-7-9-11-13-15-17-19-21-23-25-27-38(44)46-33-35(32-41-37(43)30-29-36(42)40-31-34(3)4)47-39(45)28-26-24-22-20-18-16-14-12-10-8-6-2/h34-35H,5-33H2,1-4H3,(H,40,42)(H,41,43). The van der Waals surface area contributed by atoms with Crippen molar-refractivity contribution in [3.63, 3.8) is 0 Å². The Morgan fingerprint density at radius 3 is 1.23 bits per heavy atom. The predicted octanol–water partition coefficient (Wildman–Crippen LogP) is 9.51. The van der Waals surface area contributed by atoms with Gasteiger partial charge in [0.25, 0.3) is 0 Å².